The maximum absolute atomic E-state index is 13.1. The third-order valence-corrected chi connectivity index (χ3v) is 6.34. The number of rotatable bonds is 11. The van der Waals surface area contributed by atoms with Gasteiger partial charge in [-0.3, -0.25) is 9.59 Å². The summed E-state index contributed by atoms with van der Waals surface area (Å²) in [5.74, 6) is 0.848. The summed E-state index contributed by atoms with van der Waals surface area (Å²) in [7, 11) is 0. The van der Waals surface area contributed by atoms with Crippen LogP contribution in [0, 0.1) is 0 Å². The van der Waals surface area contributed by atoms with Crippen molar-refractivity contribution in [3.8, 4) is 0 Å². The summed E-state index contributed by atoms with van der Waals surface area (Å²) in [4.78, 5) is 27.5. The second-order valence-electron chi connectivity index (χ2n) is 6.96. The molecule has 1 atom stereocenters. The van der Waals surface area contributed by atoms with Crippen LogP contribution < -0.4 is 5.32 Å². The van der Waals surface area contributed by atoms with Crippen LogP contribution in [0.25, 0.3) is 0 Å². The monoisotopic (exact) mass is 466 g/mol. The Morgan fingerprint density at radius 2 is 1.77 bits per heavy atom. The number of nitrogens with zero attached hydrogens (tertiary/aromatic N) is 1. The van der Waals surface area contributed by atoms with Gasteiger partial charge in [0.25, 0.3) is 0 Å². The maximum Gasteiger partial charge on any atom is 0.242 e. The molecule has 2 aromatic rings. The van der Waals surface area contributed by atoms with Crippen LogP contribution in [-0.2, 0) is 21.9 Å². The first-order chi connectivity index (χ1) is 14.5. The molecule has 0 bridgehead atoms. The summed E-state index contributed by atoms with van der Waals surface area (Å²) in [6.07, 6.45) is 1.38. The number of hydrogen-bond acceptors (Lipinski definition) is 3. The number of amides is 2. The van der Waals surface area contributed by atoms with E-state index in [2.05, 4.69) is 5.32 Å². The molecule has 0 aromatic heterocycles. The number of halogens is 2. The van der Waals surface area contributed by atoms with Crippen LogP contribution in [0.3, 0.4) is 0 Å². The number of benzene rings is 2. The lowest BCUT2D eigenvalue weighted by Crippen LogP contribution is -2.49. The Morgan fingerprint density at radius 3 is 2.40 bits per heavy atom. The van der Waals surface area contributed by atoms with E-state index in [1.807, 2.05) is 50.2 Å². The van der Waals surface area contributed by atoms with Gasteiger partial charge < -0.3 is 10.2 Å². The molecule has 0 radical (unpaired) electrons. The summed E-state index contributed by atoms with van der Waals surface area (Å²) in [6.45, 7) is 4.81. The smallest absolute Gasteiger partial charge is 0.242 e. The fraction of sp³-hybridized carbons (Fsp3) is 0.391. The average Bonchev–Trinajstić information content (AvgIpc) is 2.75. The number of carbonyl (C=O) groups excluding carboxylic acids is 2. The number of carbonyl (C=O) groups is 2. The van der Waals surface area contributed by atoms with E-state index in [1.54, 1.807) is 28.8 Å². The SMILES string of the molecule is CCCNC(=O)[C@H](CC)N(Cc1ccc(Cl)c(Cl)c1)C(=O)CSCc1ccccc1. The number of thioether (sulfide) groups is 1. The first kappa shape index (κ1) is 24.6. The van der Waals surface area contributed by atoms with E-state index in [4.69, 9.17) is 23.2 Å². The van der Waals surface area contributed by atoms with Crippen molar-refractivity contribution in [3.63, 3.8) is 0 Å². The quantitative estimate of drug-likeness (QED) is 0.471. The summed E-state index contributed by atoms with van der Waals surface area (Å²) < 4.78 is 0. The van der Waals surface area contributed by atoms with E-state index in [0.717, 1.165) is 17.7 Å². The van der Waals surface area contributed by atoms with Gasteiger partial charge in [0.05, 0.1) is 15.8 Å². The van der Waals surface area contributed by atoms with Crippen molar-refractivity contribution in [2.24, 2.45) is 0 Å². The van der Waals surface area contributed by atoms with Gasteiger partial charge in [-0.1, -0.05) is 73.4 Å². The standard InChI is InChI=1S/C23H28Cl2N2O2S/c1-3-12-26-23(29)21(4-2)27(14-18-10-11-19(24)20(25)13-18)22(28)16-30-15-17-8-6-5-7-9-17/h5-11,13,21H,3-4,12,14-16H2,1-2H3,(H,26,29)/t21-/m0/s1. The van der Waals surface area contributed by atoms with Gasteiger partial charge in [-0.2, -0.15) is 0 Å². The van der Waals surface area contributed by atoms with Crippen molar-refractivity contribution in [1.29, 1.82) is 0 Å². The zero-order valence-electron chi connectivity index (χ0n) is 17.4. The molecule has 2 rings (SSSR count). The lowest BCUT2D eigenvalue weighted by Gasteiger charge is -2.30. The molecule has 0 aliphatic rings. The van der Waals surface area contributed by atoms with Gasteiger partial charge in [0.1, 0.15) is 6.04 Å². The Labute approximate surface area is 193 Å². The minimum atomic E-state index is -0.532. The van der Waals surface area contributed by atoms with Crippen LogP contribution in [0.15, 0.2) is 48.5 Å². The largest absolute Gasteiger partial charge is 0.354 e. The van der Waals surface area contributed by atoms with Gasteiger partial charge in [0.15, 0.2) is 0 Å². The molecule has 4 nitrogen and oxygen atoms in total. The molecule has 0 heterocycles. The molecule has 1 N–H and O–H groups in total. The number of hydrogen-bond donors (Lipinski definition) is 1. The van der Waals surface area contributed by atoms with Gasteiger partial charge in [-0.15, -0.1) is 11.8 Å². The van der Waals surface area contributed by atoms with Gasteiger partial charge in [0.2, 0.25) is 11.8 Å². The Balaban J connectivity index is 2.14. The molecule has 2 amide bonds. The Morgan fingerprint density at radius 1 is 1.03 bits per heavy atom. The van der Waals surface area contributed by atoms with Crippen LogP contribution in [0.2, 0.25) is 10.0 Å². The molecular weight excluding hydrogens is 439 g/mol. The van der Waals surface area contributed by atoms with E-state index in [9.17, 15) is 9.59 Å². The van der Waals surface area contributed by atoms with Crippen molar-refractivity contribution in [1.82, 2.24) is 10.2 Å². The van der Waals surface area contributed by atoms with Crippen LogP contribution in [0.1, 0.15) is 37.8 Å². The molecule has 7 heteroatoms. The second-order valence-corrected chi connectivity index (χ2v) is 8.76. The Bertz CT molecular complexity index is 833. The second kappa shape index (κ2) is 12.9. The lowest BCUT2D eigenvalue weighted by atomic mass is 10.1. The van der Waals surface area contributed by atoms with Crippen molar-refractivity contribution in [2.45, 2.75) is 45.0 Å². The summed E-state index contributed by atoms with van der Waals surface area (Å²) in [6, 6.07) is 14.8. The average molecular weight is 467 g/mol. The van der Waals surface area contributed by atoms with Crippen molar-refractivity contribution in [2.75, 3.05) is 12.3 Å². The first-order valence-corrected chi connectivity index (χ1v) is 12.0. The van der Waals surface area contributed by atoms with Crippen LogP contribution in [0.4, 0.5) is 0 Å². The van der Waals surface area contributed by atoms with Crippen molar-refractivity contribution >= 4 is 46.8 Å². The molecule has 2 aromatic carbocycles. The van der Waals surface area contributed by atoms with E-state index in [1.165, 1.54) is 5.56 Å². The molecule has 0 aliphatic heterocycles. The fourth-order valence-electron chi connectivity index (χ4n) is 3.03. The normalized spacial score (nSPS) is 11.7. The van der Waals surface area contributed by atoms with Gasteiger partial charge in [-0.25, -0.2) is 0 Å². The van der Waals surface area contributed by atoms with Crippen LogP contribution in [0.5, 0.6) is 0 Å². The first-order valence-electron chi connectivity index (χ1n) is 10.1. The highest BCUT2D eigenvalue weighted by Crippen LogP contribution is 2.24. The Kier molecular flexibility index (Phi) is 10.6. The highest BCUT2D eigenvalue weighted by Gasteiger charge is 2.28. The minimum absolute atomic E-state index is 0.0690. The van der Waals surface area contributed by atoms with Crippen molar-refractivity contribution in [3.05, 3.63) is 69.7 Å². The number of nitrogens with one attached hydrogen (secondary N) is 1. The zero-order chi connectivity index (χ0) is 21.9. The molecule has 0 saturated heterocycles. The van der Waals surface area contributed by atoms with E-state index < -0.39 is 6.04 Å². The molecule has 0 spiro atoms. The predicted octanol–water partition coefficient (Wildman–Crippen LogP) is 5.56. The highest BCUT2D eigenvalue weighted by molar-refractivity contribution is 7.99. The third kappa shape index (κ3) is 7.53. The molecule has 0 aliphatic carbocycles. The molecular formula is C23H28Cl2N2O2S. The summed E-state index contributed by atoms with van der Waals surface area (Å²) in [5, 5.41) is 3.82. The van der Waals surface area contributed by atoms with Gasteiger partial charge in [-0.05, 0) is 36.1 Å². The summed E-state index contributed by atoms with van der Waals surface area (Å²) >= 11 is 13.7. The molecule has 162 valence electrons. The molecule has 0 unspecified atom stereocenters. The van der Waals surface area contributed by atoms with Crippen LogP contribution in [-0.4, -0.2) is 35.1 Å². The van der Waals surface area contributed by atoms with E-state index in [0.29, 0.717) is 35.3 Å². The summed E-state index contributed by atoms with van der Waals surface area (Å²) in [5.41, 5.74) is 2.01. The third-order valence-electron chi connectivity index (χ3n) is 4.61. The zero-order valence-corrected chi connectivity index (χ0v) is 19.7. The van der Waals surface area contributed by atoms with E-state index in [-0.39, 0.29) is 11.8 Å². The molecule has 30 heavy (non-hydrogen) atoms. The highest BCUT2D eigenvalue weighted by atomic mass is 35.5. The molecule has 0 saturated carbocycles. The van der Waals surface area contributed by atoms with Gasteiger partial charge in [0, 0.05) is 18.8 Å². The van der Waals surface area contributed by atoms with E-state index >= 15 is 0 Å². The molecule has 0 fully saturated rings. The topological polar surface area (TPSA) is 49.4 Å². The Hall–Kier alpha value is -1.69. The maximum atomic E-state index is 13.1. The minimum Gasteiger partial charge on any atom is -0.354 e. The van der Waals surface area contributed by atoms with Gasteiger partial charge >= 0.3 is 0 Å². The predicted molar refractivity (Wildman–Crippen MR) is 127 cm³/mol. The lowest BCUT2D eigenvalue weighted by molar-refractivity contribution is -0.139. The fourth-order valence-corrected chi connectivity index (χ4v) is 4.22. The van der Waals surface area contributed by atoms with Crippen molar-refractivity contribution < 1.29 is 9.59 Å². The van der Waals surface area contributed by atoms with Crippen LogP contribution >= 0.6 is 35.0 Å².